The summed E-state index contributed by atoms with van der Waals surface area (Å²) in [6.07, 6.45) is 0. The number of hydrogen-bond donors (Lipinski definition) is 2. The maximum absolute atomic E-state index is 12.4. The lowest BCUT2D eigenvalue weighted by Crippen LogP contribution is -2.34. The first-order valence-electron chi connectivity index (χ1n) is 11.0. The van der Waals surface area contributed by atoms with Crippen molar-refractivity contribution in [3.05, 3.63) is 76.3 Å². The Balaban J connectivity index is 1.50. The first-order chi connectivity index (χ1) is 16.4. The van der Waals surface area contributed by atoms with Crippen LogP contribution in [0.1, 0.15) is 29.8 Å². The number of benzene rings is 3. The Morgan fingerprint density at radius 2 is 1.62 bits per heavy atom. The van der Waals surface area contributed by atoms with Crippen LogP contribution in [0.3, 0.4) is 0 Å². The van der Waals surface area contributed by atoms with E-state index in [0.717, 1.165) is 45.5 Å². The molecule has 174 valence electrons. The number of aryl methyl sites for hydroxylation is 1. The molecule has 4 rings (SSSR count). The van der Waals surface area contributed by atoms with E-state index in [9.17, 15) is 4.79 Å². The van der Waals surface area contributed by atoms with Gasteiger partial charge in [0.1, 0.15) is 11.0 Å². The lowest BCUT2D eigenvalue weighted by molar-refractivity contribution is 0.0977. The topological polar surface area (TPSA) is 75.1 Å². The Labute approximate surface area is 212 Å². The quantitative estimate of drug-likeness (QED) is 0.318. The Morgan fingerprint density at radius 3 is 2.24 bits per heavy atom. The molecule has 1 heterocycles. The van der Waals surface area contributed by atoms with Crippen LogP contribution in [-0.4, -0.2) is 39.1 Å². The molecule has 0 unspecified atom stereocenters. The zero-order chi connectivity index (χ0) is 24.2. The zero-order valence-electron chi connectivity index (χ0n) is 19.2. The molecule has 1 aromatic heterocycles. The lowest BCUT2D eigenvalue weighted by atomic mass is 10.2. The Morgan fingerprint density at radius 1 is 1.00 bits per heavy atom. The zero-order valence-corrected chi connectivity index (χ0v) is 21.6. The number of hydrogen-bond acceptors (Lipinski definition) is 5. The number of aromatic nitrogens is 3. The largest absolute Gasteiger partial charge is 0.372 e. The first-order valence-corrected chi connectivity index (χ1v) is 12.2. The lowest BCUT2D eigenvalue weighted by Gasteiger charge is -2.20. The number of thiocarbonyl (C=S) groups is 1. The second kappa shape index (κ2) is 10.3. The fourth-order valence-electron chi connectivity index (χ4n) is 3.63. The van der Waals surface area contributed by atoms with Crippen molar-refractivity contribution in [3.63, 3.8) is 0 Å². The molecule has 0 saturated heterocycles. The molecular weight excluding hydrogens is 512 g/mol. The molecule has 0 aliphatic rings. The molecule has 34 heavy (non-hydrogen) atoms. The summed E-state index contributed by atoms with van der Waals surface area (Å²) < 4.78 is 0.904. The first kappa shape index (κ1) is 23.8. The van der Waals surface area contributed by atoms with Gasteiger partial charge in [-0.05, 0) is 99.2 Å². The van der Waals surface area contributed by atoms with Gasteiger partial charge in [0.25, 0.3) is 5.91 Å². The summed E-state index contributed by atoms with van der Waals surface area (Å²) in [5.74, 6) is -0.275. The van der Waals surface area contributed by atoms with Crippen molar-refractivity contribution in [3.8, 4) is 5.69 Å². The smallest absolute Gasteiger partial charge is 0.257 e. The van der Waals surface area contributed by atoms with Crippen LogP contribution in [0.4, 0.5) is 11.4 Å². The molecule has 0 spiro atoms. The number of carbonyl (C=O) groups excluding carboxylic acids is 1. The van der Waals surface area contributed by atoms with Crippen molar-refractivity contribution >= 4 is 61.6 Å². The predicted octanol–water partition coefficient (Wildman–Crippen LogP) is 5.46. The van der Waals surface area contributed by atoms with E-state index in [1.807, 2.05) is 43.3 Å². The number of carbonyl (C=O) groups is 1. The second-order valence-electron chi connectivity index (χ2n) is 7.75. The minimum atomic E-state index is -0.275. The highest BCUT2D eigenvalue weighted by atomic mass is 79.9. The maximum atomic E-state index is 12.4. The number of rotatable bonds is 6. The van der Waals surface area contributed by atoms with Crippen molar-refractivity contribution in [2.45, 2.75) is 20.8 Å². The molecule has 0 aliphatic heterocycles. The van der Waals surface area contributed by atoms with Crippen LogP contribution in [-0.2, 0) is 0 Å². The Bertz CT molecular complexity index is 1330. The minimum absolute atomic E-state index is 0.217. The van der Waals surface area contributed by atoms with E-state index in [1.165, 1.54) is 5.69 Å². The van der Waals surface area contributed by atoms with Gasteiger partial charge in [0.15, 0.2) is 5.11 Å². The molecule has 9 heteroatoms. The summed E-state index contributed by atoms with van der Waals surface area (Å²) in [6, 6.07) is 19.1. The van der Waals surface area contributed by atoms with Gasteiger partial charge in [-0.3, -0.25) is 10.1 Å². The van der Waals surface area contributed by atoms with E-state index in [2.05, 4.69) is 67.6 Å². The number of amides is 1. The molecule has 2 N–H and O–H groups in total. The monoisotopic (exact) mass is 536 g/mol. The van der Waals surface area contributed by atoms with Gasteiger partial charge in [-0.25, -0.2) is 0 Å². The molecule has 4 aromatic rings. The summed E-state index contributed by atoms with van der Waals surface area (Å²) in [6.45, 7) is 8.16. The van der Waals surface area contributed by atoms with E-state index in [-0.39, 0.29) is 11.0 Å². The molecular formula is C25H25BrN6OS. The van der Waals surface area contributed by atoms with Crippen LogP contribution in [0.5, 0.6) is 0 Å². The van der Waals surface area contributed by atoms with Crippen LogP contribution in [0, 0.1) is 6.92 Å². The molecule has 3 aromatic carbocycles. The number of fused-ring (bicyclic) bond motifs is 1. The molecule has 0 fully saturated rings. The molecule has 1 amide bonds. The molecule has 0 radical (unpaired) electrons. The highest BCUT2D eigenvalue weighted by molar-refractivity contribution is 9.10. The standard InChI is InChI=1S/C25H25BrN6OS/c1-4-31(5-2)19-10-12-20(13-11-19)32-29-22-14-16(3)21(15-23(22)30-32)27-25(34)28-24(33)17-6-8-18(26)9-7-17/h6-15H,4-5H2,1-3H3,(H2,27,28,33,34). The average Bonchev–Trinajstić information content (AvgIpc) is 3.23. The van der Waals surface area contributed by atoms with Crippen LogP contribution in [0.15, 0.2) is 65.1 Å². The van der Waals surface area contributed by atoms with Gasteiger partial charge in [0.05, 0.1) is 5.69 Å². The van der Waals surface area contributed by atoms with E-state index in [4.69, 9.17) is 12.2 Å². The van der Waals surface area contributed by atoms with Crippen molar-refractivity contribution < 1.29 is 4.79 Å². The van der Waals surface area contributed by atoms with Crippen molar-refractivity contribution in [2.75, 3.05) is 23.3 Å². The van der Waals surface area contributed by atoms with E-state index in [1.54, 1.807) is 16.9 Å². The molecule has 0 aliphatic carbocycles. The Kier molecular flexibility index (Phi) is 7.23. The van der Waals surface area contributed by atoms with E-state index in [0.29, 0.717) is 5.56 Å². The van der Waals surface area contributed by atoms with Crippen LogP contribution in [0.25, 0.3) is 16.7 Å². The second-order valence-corrected chi connectivity index (χ2v) is 9.07. The van der Waals surface area contributed by atoms with Crippen molar-refractivity contribution in [1.29, 1.82) is 0 Å². The average molecular weight is 537 g/mol. The normalized spacial score (nSPS) is 10.8. The predicted molar refractivity (Wildman–Crippen MR) is 145 cm³/mol. The Hall–Kier alpha value is -3.30. The number of nitrogens with zero attached hydrogens (tertiary/aromatic N) is 4. The fourth-order valence-corrected chi connectivity index (χ4v) is 4.10. The molecule has 7 nitrogen and oxygen atoms in total. The third kappa shape index (κ3) is 5.26. The third-order valence-corrected chi connectivity index (χ3v) is 6.25. The highest BCUT2D eigenvalue weighted by Crippen LogP contribution is 2.23. The summed E-state index contributed by atoms with van der Waals surface area (Å²) in [5.41, 5.74) is 5.79. The highest BCUT2D eigenvalue weighted by Gasteiger charge is 2.12. The minimum Gasteiger partial charge on any atom is -0.372 e. The number of nitrogens with one attached hydrogen (secondary N) is 2. The van der Waals surface area contributed by atoms with Gasteiger partial charge >= 0.3 is 0 Å². The van der Waals surface area contributed by atoms with Crippen LogP contribution >= 0.6 is 28.1 Å². The number of anilines is 2. The fraction of sp³-hybridized carbons (Fsp3) is 0.200. The van der Waals surface area contributed by atoms with Gasteiger partial charge in [0.2, 0.25) is 0 Å². The maximum Gasteiger partial charge on any atom is 0.257 e. The van der Waals surface area contributed by atoms with Crippen molar-refractivity contribution in [1.82, 2.24) is 20.3 Å². The molecule has 0 bridgehead atoms. The van der Waals surface area contributed by atoms with E-state index < -0.39 is 0 Å². The summed E-state index contributed by atoms with van der Waals surface area (Å²) in [7, 11) is 0. The SMILES string of the molecule is CCN(CC)c1ccc(-n2nc3cc(C)c(NC(=S)NC(=O)c4ccc(Br)cc4)cc3n2)cc1. The summed E-state index contributed by atoms with van der Waals surface area (Å²) in [4.78, 5) is 16.4. The van der Waals surface area contributed by atoms with Gasteiger partial charge < -0.3 is 10.2 Å². The third-order valence-electron chi connectivity index (χ3n) is 5.52. The van der Waals surface area contributed by atoms with Crippen molar-refractivity contribution in [2.24, 2.45) is 0 Å². The van der Waals surface area contributed by atoms with E-state index >= 15 is 0 Å². The number of halogens is 1. The van der Waals surface area contributed by atoms with Gasteiger partial charge in [-0.15, -0.1) is 10.2 Å². The van der Waals surface area contributed by atoms with Gasteiger partial charge in [-0.1, -0.05) is 15.9 Å². The molecule has 0 saturated carbocycles. The van der Waals surface area contributed by atoms with Crippen LogP contribution < -0.4 is 15.5 Å². The van der Waals surface area contributed by atoms with Crippen LogP contribution in [0.2, 0.25) is 0 Å². The van der Waals surface area contributed by atoms with Gasteiger partial charge in [0, 0.05) is 34.5 Å². The summed E-state index contributed by atoms with van der Waals surface area (Å²) in [5, 5.41) is 15.3. The summed E-state index contributed by atoms with van der Waals surface area (Å²) >= 11 is 8.72. The molecule has 0 atom stereocenters. The van der Waals surface area contributed by atoms with Gasteiger partial charge in [-0.2, -0.15) is 4.80 Å².